The third kappa shape index (κ3) is 5.41. The Kier molecular flexibility index (Phi) is 8.07. The number of nitrogens with zero attached hydrogens (tertiary/aromatic N) is 3. The van der Waals surface area contributed by atoms with Gasteiger partial charge in [-0.1, -0.05) is 32.0 Å². The molecule has 0 bridgehead atoms. The van der Waals surface area contributed by atoms with Crippen LogP contribution in [-0.2, 0) is 19.2 Å². The van der Waals surface area contributed by atoms with E-state index >= 15 is 0 Å². The Balaban J connectivity index is 1.29. The van der Waals surface area contributed by atoms with E-state index in [9.17, 15) is 24.0 Å². The normalized spacial score (nSPS) is 23.1. The molecule has 0 spiro atoms. The number of hydrogen-bond donors (Lipinski definition) is 1. The summed E-state index contributed by atoms with van der Waals surface area (Å²) in [5.41, 5.74) is 1.48. The predicted octanol–water partition coefficient (Wildman–Crippen LogP) is 2.95. The zero-order valence-corrected chi connectivity index (χ0v) is 24.0. The first kappa shape index (κ1) is 28.0. The van der Waals surface area contributed by atoms with Crippen LogP contribution in [0.15, 0.2) is 41.8 Å². The second-order valence-corrected chi connectivity index (χ2v) is 12.3. The van der Waals surface area contributed by atoms with Crippen molar-refractivity contribution in [3.8, 4) is 10.4 Å². The van der Waals surface area contributed by atoms with Crippen LogP contribution in [0.2, 0.25) is 0 Å². The van der Waals surface area contributed by atoms with Crippen LogP contribution in [0.4, 0.5) is 0 Å². The summed E-state index contributed by atoms with van der Waals surface area (Å²) in [7, 11) is 0. The van der Waals surface area contributed by atoms with E-state index in [4.69, 9.17) is 0 Å². The van der Waals surface area contributed by atoms with Gasteiger partial charge in [-0.05, 0) is 60.7 Å². The van der Waals surface area contributed by atoms with Gasteiger partial charge in [-0.3, -0.25) is 24.0 Å². The molecular weight excluding hydrogens is 528 g/mol. The molecule has 9 nitrogen and oxygen atoms in total. The maximum absolute atomic E-state index is 13.8. The quantitative estimate of drug-likeness (QED) is 0.557. The van der Waals surface area contributed by atoms with Crippen molar-refractivity contribution < 1.29 is 24.0 Å². The zero-order chi connectivity index (χ0) is 28.6. The molecule has 2 aromatic rings. The van der Waals surface area contributed by atoms with Gasteiger partial charge >= 0.3 is 0 Å². The highest BCUT2D eigenvalue weighted by atomic mass is 32.1. The highest BCUT2D eigenvalue weighted by molar-refractivity contribution is 7.13. The Morgan fingerprint density at radius 3 is 2.40 bits per heavy atom. The first-order valence-electron chi connectivity index (χ1n) is 14.0. The molecule has 4 unspecified atom stereocenters. The Bertz CT molecular complexity index is 1290. The fraction of sp³-hybridized carbons (Fsp3) is 0.500. The molecule has 4 amide bonds. The van der Waals surface area contributed by atoms with E-state index in [1.807, 2.05) is 43.5 Å². The lowest BCUT2D eigenvalue weighted by Crippen LogP contribution is -2.53. The van der Waals surface area contributed by atoms with Crippen molar-refractivity contribution in [1.82, 2.24) is 20.0 Å². The molecular formula is C30H36N4O5S. The van der Waals surface area contributed by atoms with Crippen molar-refractivity contribution in [2.75, 3.05) is 19.6 Å². The highest BCUT2D eigenvalue weighted by Gasteiger charge is 2.53. The lowest BCUT2D eigenvalue weighted by Gasteiger charge is -2.31. The maximum Gasteiger partial charge on any atom is 0.251 e. The minimum Gasteiger partial charge on any atom is -0.340 e. The topological polar surface area (TPSA) is 107 Å². The van der Waals surface area contributed by atoms with E-state index in [0.717, 1.165) is 16.9 Å². The molecule has 4 heterocycles. The highest BCUT2D eigenvalue weighted by Crippen LogP contribution is 2.33. The van der Waals surface area contributed by atoms with Crippen LogP contribution in [0.5, 0.6) is 0 Å². The van der Waals surface area contributed by atoms with Gasteiger partial charge in [0.25, 0.3) is 5.91 Å². The molecule has 1 aromatic carbocycles. The molecule has 3 fully saturated rings. The predicted molar refractivity (Wildman–Crippen MR) is 151 cm³/mol. The summed E-state index contributed by atoms with van der Waals surface area (Å²) in [4.78, 5) is 71.5. The number of carbonyl (C=O) groups excluding carboxylic acids is 5. The van der Waals surface area contributed by atoms with Crippen molar-refractivity contribution in [3.63, 3.8) is 0 Å². The molecule has 4 atom stereocenters. The van der Waals surface area contributed by atoms with Crippen molar-refractivity contribution in [1.29, 1.82) is 0 Å². The van der Waals surface area contributed by atoms with Gasteiger partial charge in [0.15, 0.2) is 5.78 Å². The molecule has 40 heavy (non-hydrogen) atoms. The average Bonchev–Trinajstić information content (AvgIpc) is 3.73. The smallest absolute Gasteiger partial charge is 0.251 e. The second-order valence-electron chi connectivity index (χ2n) is 11.3. The number of ketones is 1. The molecule has 5 rings (SSSR count). The molecule has 1 aromatic heterocycles. The third-order valence-electron chi connectivity index (χ3n) is 8.19. The number of benzene rings is 1. The van der Waals surface area contributed by atoms with Crippen LogP contribution >= 0.6 is 11.3 Å². The largest absolute Gasteiger partial charge is 0.340 e. The van der Waals surface area contributed by atoms with Crippen molar-refractivity contribution in [2.24, 2.45) is 5.92 Å². The summed E-state index contributed by atoms with van der Waals surface area (Å²) >= 11 is 1.62. The number of hydrogen-bond acceptors (Lipinski definition) is 6. The van der Waals surface area contributed by atoms with E-state index < -0.39 is 24.2 Å². The zero-order valence-electron chi connectivity index (χ0n) is 23.2. The third-order valence-corrected chi connectivity index (χ3v) is 9.11. The van der Waals surface area contributed by atoms with Gasteiger partial charge in [0.2, 0.25) is 17.7 Å². The monoisotopic (exact) mass is 564 g/mol. The molecule has 1 N–H and O–H groups in total. The number of fused-ring (bicyclic) bond motifs is 1. The SMILES string of the molecule is CC(=O)N1CCCC1C(=O)N1CC(=O)C2C1CCN2C(=O)C(CC(C)C)NC(=O)c1ccc(-c2cccs2)cc1. The van der Waals surface area contributed by atoms with Crippen LogP contribution < -0.4 is 5.32 Å². The molecule has 3 aliphatic heterocycles. The summed E-state index contributed by atoms with van der Waals surface area (Å²) in [6.07, 6.45) is 2.26. The Hall–Kier alpha value is -3.53. The lowest BCUT2D eigenvalue weighted by molar-refractivity contribution is -0.143. The molecule has 10 heteroatoms. The van der Waals surface area contributed by atoms with E-state index in [2.05, 4.69) is 5.32 Å². The average molecular weight is 565 g/mol. The lowest BCUT2D eigenvalue weighted by atomic mass is 10.0. The summed E-state index contributed by atoms with van der Waals surface area (Å²) in [6.45, 7) is 6.25. The van der Waals surface area contributed by atoms with Crippen molar-refractivity contribution >= 4 is 40.7 Å². The molecule has 0 saturated carbocycles. The number of likely N-dealkylation sites (tertiary alicyclic amines) is 3. The second kappa shape index (κ2) is 11.5. The fourth-order valence-electron chi connectivity index (χ4n) is 6.31. The summed E-state index contributed by atoms with van der Waals surface area (Å²) < 4.78 is 0. The Labute approximate surface area is 238 Å². The minimum absolute atomic E-state index is 0.0576. The van der Waals surface area contributed by atoms with Gasteiger partial charge in [-0.2, -0.15) is 0 Å². The van der Waals surface area contributed by atoms with Gasteiger partial charge in [0.05, 0.1) is 12.6 Å². The van der Waals surface area contributed by atoms with Crippen LogP contribution in [0.1, 0.15) is 56.8 Å². The maximum atomic E-state index is 13.8. The van der Waals surface area contributed by atoms with Crippen LogP contribution in [0.3, 0.4) is 0 Å². The fourth-order valence-corrected chi connectivity index (χ4v) is 7.05. The van der Waals surface area contributed by atoms with Gasteiger partial charge in [-0.15, -0.1) is 11.3 Å². The van der Waals surface area contributed by atoms with Crippen molar-refractivity contribution in [3.05, 3.63) is 47.3 Å². The standard InChI is InChI=1S/C30H36N4O5S/c1-18(2)16-22(31-28(37)21-10-8-20(9-11-21)26-7-5-15-40-26)29(38)33-14-12-23-27(33)25(36)17-34(23)30(39)24-6-4-13-32(24)19(3)35/h5,7-11,15,18,22-24,27H,4,6,12-14,16-17H2,1-3H3,(H,31,37). The summed E-state index contributed by atoms with van der Waals surface area (Å²) in [5, 5.41) is 4.92. The number of amides is 4. The number of nitrogens with one attached hydrogen (secondary N) is 1. The van der Waals surface area contributed by atoms with Gasteiger partial charge in [0, 0.05) is 30.5 Å². The first-order valence-corrected chi connectivity index (χ1v) is 14.9. The van der Waals surface area contributed by atoms with E-state index in [1.165, 1.54) is 6.92 Å². The summed E-state index contributed by atoms with van der Waals surface area (Å²) in [6, 6.07) is 8.83. The number of thiophene rings is 1. The molecule has 3 aliphatic rings. The van der Waals surface area contributed by atoms with Gasteiger partial charge in [0.1, 0.15) is 18.1 Å². The summed E-state index contributed by atoms with van der Waals surface area (Å²) in [5.74, 6) is -1.02. The van der Waals surface area contributed by atoms with Gasteiger partial charge < -0.3 is 20.0 Å². The van der Waals surface area contributed by atoms with E-state index in [-0.39, 0.29) is 41.9 Å². The number of Topliss-reactive ketones (excluding diaryl/α,β-unsaturated/α-hetero) is 1. The molecule has 3 saturated heterocycles. The van der Waals surface area contributed by atoms with Crippen molar-refractivity contribution in [2.45, 2.75) is 70.6 Å². The minimum atomic E-state index is -0.788. The molecule has 212 valence electrons. The van der Waals surface area contributed by atoms with E-state index in [1.54, 1.807) is 38.2 Å². The van der Waals surface area contributed by atoms with Gasteiger partial charge in [-0.25, -0.2) is 0 Å². The Morgan fingerprint density at radius 2 is 1.75 bits per heavy atom. The van der Waals surface area contributed by atoms with Crippen LogP contribution in [0.25, 0.3) is 10.4 Å². The van der Waals surface area contributed by atoms with Crippen LogP contribution in [-0.4, -0.2) is 87.9 Å². The molecule has 0 radical (unpaired) electrons. The van der Waals surface area contributed by atoms with E-state index in [0.29, 0.717) is 37.9 Å². The molecule has 0 aliphatic carbocycles. The first-order chi connectivity index (χ1) is 19.2. The number of carbonyl (C=O) groups is 5. The van der Waals surface area contributed by atoms with Crippen LogP contribution in [0, 0.1) is 5.92 Å². The Morgan fingerprint density at radius 1 is 1.00 bits per heavy atom. The number of rotatable bonds is 7.